The Labute approximate surface area is 99.0 Å². The summed E-state index contributed by atoms with van der Waals surface area (Å²) in [6.07, 6.45) is 0. The predicted molar refractivity (Wildman–Crippen MR) is 63.5 cm³/mol. The van der Waals surface area contributed by atoms with Crippen LogP contribution in [0.1, 0.15) is 18.5 Å². The lowest BCUT2D eigenvalue weighted by Crippen LogP contribution is -2.51. The fourth-order valence-corrected chi connectivity index (χ4v) is 2.41. The van der Waals surface area contributed by atoms with Crippen molar-refractivity contribution in [1.29, 1.82) is 0 Å². The van der Waals surface area contributed by atoms with Crippen LogP contribution in [0.15, 0.2) is 16.8 Å². The molecule has 88 valence electrons. The first-order chi connectivity index (χ1) is 7.77. The average Bonchev–Trinajstić information content (AvgIpc) is 2.83. The van der Waals surface area contributed by atoms with E-state index < -0.39 is 0 Å². The lowest BCUT2D eigenvalue weighted by Gasteiger charge is -2.24. The molecular formula is C11H16N2O2S. The van der Waals surface area contributed by atoms with E-state index in [0.29, 0.717) is 13.2 Å². The van der Waals surface area contributed by atoms with Gasteiger partial charge >= 0.3 is 0 Å². The number of hydrogen-bond donors (Lipinski definition) is 2. The summed E-state index contributed by atoms with van der Waals surface area (Å²) in [4.78, 5) is 11.9. The van der Waals surface area contributed by atoms with Gasteiger partial charge in [0, 0.05) is 6.54 Å². The summed E-state index contributed by atoms with van der Waals surface area (Å²) < 4.78 is 5.25. The van der Waals surface area contributed by atoms with Crippen LogP contribution in [0, 0.1) is 0 Å². The number of rotatable bonds is 3. The van der Waals surface area contributed by atoms with Gasteiger partial charge in [0.25, 0.3) is 0 Å². The molecule has 0 aromatic carbocycles. The standard InChI is InChI=1S/C11H16N2O2S/c1-8(9-2-5-16-7-9)13-11(14)10-6-15-4-3-12-10/h2,5,7-8,10,12H,3-4,6H2,1H3,(H,13,14). The Kier molecular flexibility index (Phi) is 3.93. The Balaban J connectivity index is 1.86. The Bertz CT molecular complexity index is 334. The van der Waals surface area contributed by atoms with Gasteiger partial charge in [0.2, 0.25) is 5.91 Å². The van der Waals surface area contributed by atoms with Crippen LogP contribution in [-0.2, 0) is 9.53 Å². The Morgan fingerprint density at radius 2 is 2.62 bits per heavy atom. The van der Waals surface area contributed by atoms with Gasteiger partial charge in [-0.2, -0.15) is 11.3 Å². The minimum Gasteiger partial charge on any atom is -0.378 e. The molecule has 0 spiro atoms. The molecule has 0 radical (unpaired) electrons. The van der Waals surface area contributed by atoms with Gasteiger partial charge in [-0.25, -0.2) is 0 Å². The summed E-state index contributed by atoms with van der Waals surface area (Å²) in [5.41, 5.74) is 1.15. The van der Waals surface area contributed by atoms with Crippen LogP contribution < -0.4 is 10.6 Å². The maximum atomic E-state index is 11.9. The molecule has 1 amide bonds. The van der Waals surface area contributed by atoms with Crippen LogP contribution >= 0.6 is 11.3 Å². The highest BCUT2D eigenvalue weighted by Crippen LogP contribution is 2.15. The second-order valence-electron chi connectivity index (χ2n) is 3.87. The number of amides is 1. The Morgan fingerprint density at radius 3 is 3.25 bits per heavy atom. The molecule has 2 unspecified atom stereocenters. The van der Waals surface area contributed by atoms with Crippen molar-refractivity contribution in [3.8, 4) is 0 Å². The van der Waals surface area contributed by atoms with Crippen LogP contribution in [0.4, 0.5) is 0 Å². The molecule has 2 rings (SSSR count). The van der Waals surface area contributed by atoms with E-state index in [2.05, 4.69) is 16.0 Å². The molecule has 0 saturated carbocycles. The second kappa shape index (κ2) is 5.43. The first kappa shape index (κ1) is 11.6. The van der Waals surface area contributed by atoms with E-state index in [-0.39, 0.29) is 18.0 Å². The van der Waals surface area contributed by atoms with Crippen LogP contribution in [0.3, 0.4) is 0 Å². The molecule has 1 fully saturated rings. The first-order valence-electron chi connectivity index (χ1n) is 5.41. The zero-order valence-corrected chi connectivity index (χ0v) is 10.0. The molecule has 1 aliphatic heterocycles. The topological polar surface area (TPSA) is 50.4 Å². The maximum absolute atomic E-state index is 11.9. The molecule has 4 nitrogen and oxygen atoms in total. The SMILES string of the molecule is CC(NC(=O)C1COCCN1)c1ccsc1. The first-order valence-corrected chi connectivity index (χ1v) is 6.35. The minimum atomic E-state index is -0.213. The third-order valence-corrected chi connectivity index (χ3v) is 3.34. The molecule has 1 aliphatic rings. The number of ether oxygens (including phenoxy) is 1. The highest BCUT2D eigenvalue weighted by atomic mass is 32.1. The van der Waals surface area contributed by atoms with Crippen LogP contribution in [0.25, 0.3) is 0 Å². The van der Waals surface area contributed by atoms with Crippen molar-refractivity contribution in [3.05, 3.63) is 22.4 Å². The van der Waals surface area contributed by atoms with Crippen LogP contribution in [0.2, 0.25) is 0 Å². The van der Waals surface area contributed by atoms with Gasteiger partial charge < -0.3 is 15.4 Å². The maximum Gasteiger partial charge on any atom is 0.240 e. The summed E-state index contributed by atoms with van der Waals surface area (Å²) in [6.45, 7) is 3.88. The van der Waals surface area contributed by atoms with Gasteiger partial charge in [0.15, 0.2) is 0 Å². The fourth-order valence-electron chi connectivity index (χ4n) is 1.65. The number of hydrogen-bond acceptors (Lipinski definition) is 4. The van der Waals surface area contributed by atoms with Gasteiger partial charge in [-0.3, -0.25) is 4.79 Å². The van der Waals surface area contributed by atoms with Gasteiger partial charge in [0.05, 0.1) is 19.3 Å². The molecule has 2 atom stereocenters. The molecule has 2 N–H and O–H groups in total. The van der Waals surface area contributed by atoms with Crippen molar-refractivity contribution in [1.82, 2.24) is 10.6 Å². The van der Waals surface area contributed by atoms with Crippen molar-refractivity contribution in [2.45, 2.75) is 19.0 Å². The van der Waals surface area contributed by atoms with E-state index in [1.54, 1.807) is 11.3 Å². The highest BCUT2D eigenvalue weighted by Gasteiger charge is 2.22. The summed E-state index contributed by atoms with van der Waals surface area (Å²) >= 11 is 1.64. The van der Waals surface area contributed by atoms with Crippen molar-refractivity contribution in [3.63, 3.8) is 0 Å². The molecule has 1 saturated heterocycles. The molecule has 0 aliphatic carbocycles. The highest BCUT2D eigenvalue weighted by molar-refractivity contribution is 7.07. The summed E-state index contributed by atoms with van der Waals surface area (Å²) in [6, 6.07) is 1.87. The summed E-state index contributed by atoms with van der Waals surface area (Å²) in [7, 11) is 0. The van der Waals surface area contributed by atoms with Gasteiger partial charge in [-0.1, -0.05) is 0 Å². The predicted octanol–water partition coefficient (Wildman–Crippen LogP) is 0.914. The molecule has 1 aromatic rings. The number of carbonyl (C=O) groups excluding carboxylic acids is 1. The zero-order valence-electron chi connectivity index (χ0n) is 9.23. The lowest BCUT2D eigenvalue weighted by atomic mass is 10.1. The van der Waals surface area contributed by atoms with E-state index >= 15 is 0 Å². The normalized spacial score (nSPS) is 22.7. The number of thiophene rings is 1. The van der Waals surface area contributed by atoms with Crippen molar-refractivity contribution >= 4 is 17.2 Å². The molecule has 0 bridgehead atoms. The van der Waals surface area contributed by atoms with Gasteiger partial charge in [0.1, 0.15) is 6.04 Å². The van der Waals surface area contributed by atoms with Crippen LogP contribution in [0.5, 0.6) is 0 Å². The van der Waals surface area contributed by atoms with E-state index in [9.17, 15) is 4.79 Å². The summed E-state index contributed by atoms with van der Waals surface area (Å²) in [5.74, 6) is 0.0124. The molecule has 2 heterocycles. The van der Waals surface area contributed by atoms with Crippen molar-refractivity contribution < 1.29 is 9.53 Å². The van der Waals surface area contributed by atoms with Gasteiger partial charge in [-0.05, 0) is 29.3 Å². The zero-order chi connectivity index (χ0) is 11.4. The quantitative estimate of drug-likeness (QED) is 0.826. The number of nitrogens with one attached hydrogen (secondary N) is 2. The smallest absolute Gasteiger partial charge is 0.240 e. The molecule has 5 heteroatoms. The second-order valence-corrected chi connectivity index (χ2v) is 4.65. The van der Waals surface area contributed by atoms with E-state index in [0.717, 1.165) is 12.1 Å². The Morgan fingerprint density at radius 1 is 1.75 bits per heavy atom. The monoisotopic (exact) mass is 240 g/mol. The summed E-state index contributed by atoms with van der Waals surface area (Å²) in [5, 5.41) is 10.2. The third-order valence-electron chi connectivity index (χ3n) is 2.64. The molecule has 16 heavy (non-hydrogen) atoms. The Hall–Kier alpha value is -0.910. The number of carbonyl (C=O) groups is 1. The molecule has 1 aromatic heterocycles. The molecular weight excluding hydrogens is 224 g/mol. The van der Waals surface area contributed by atoms with E-state index in [4.69, 9.17) is 4.74 Å². The fraction of sp³-hybridized carbons (Fsp3) is 0.545. The average molecular weight is 240 g/mol. The van der Waals surface area contributed by atoms with E-state index in [1.165, 1.54) is 0 Å². The van der Waals surface area contributed by atoms with Crippen molar-refractivity contribution in [2.24, 2.45) is 0 Å². The third kappa shape index (κ3) is 2.81. The van der Waals surface area contributed by atoms with E-state index in [1.807, 2.05) is 18.4 Å². The largest absolute Gasteiger partial charge is 0.378 e. The lowest BCUT2D eigenvalue weighted by molar-refractivity contribution is -0.126. The minimum absolute atomic E-state index is 0.0124. The number of morpholine rings is 1. The van der Waals surface area contributed by atoms with Crippen molar-refractivity contribution in [2.75, 3.05) is 19.8 Å². The van der Waals surface area contributed by atoms with Crippen LogP contribution in [-0.4, -0.2) is 31.7 Å². The van der Waals surface area contributed by atoms with Gasteiger partial charge in [-0.15, -0.1) is 0 Å².